The Kier molecular flexibility index (Phi) is 4.89. The van der Waals surface area contributed by atoms with E-state index in [1.165, 1.54) is 6.07 Å². The van der Waals surface area contributed by atoms with Gasteiger partial charge in [0.25, 0.3) is 0 Å². The molecule has 0 aliphatic heterocycles. The minimum absolute atomic E-state index is 0.151. The van der Waals surface area contributed by atoms with Crippen LogP contribution in [0.4, 0.5) is 4.39 Å². The SMILES string of the molecule is CCC(N)C(=O)NCc1cc(Br)ccc1F. The Balaban J connectivity index is 2.61. The van der Waals surface area contributed by atoms with Gasteiger partial charge in [-0.1, -0.05) is 22.9 Å². The Bertz CT molecular complexity index is 384. The lowest BCUT2D eigenvalue weighted by atomic mass is 10.2. The van der Waals surface area contributed by atoms with Crippen molar-refractivity contribution in [2.45, 2.75) is 25.9 Å². The first-order valence-electron chi connectivity index (χ1n) is 5.01. The fourth-order valence-electron chi connectivity index (χ4n) is 1.18. The van der Waals surface area contributed by atoms with Crippen molar-refractivity contribution in [3.8, 4) is 0 Å². The van der Waals surface area contributed by atoms with Gasteiger partial charge in [-0.25, -0.2) is 4.39 Å². The van der Waals surface area contributed by atoms with Crippen molar-refractivity contribution in [3.05, 3.63) is 34.1 Å². The van der Waals surface area contributed by atoms with Crippen LogP contribution in [0, 0.1) is 5.82 Å². The summed E-state index contributed by atoms with van der Waals surface area (Å²) >= 11 is 3.24. The summed E-state index contributed by atoms with van der Waals surface area (Å²) in [7, 11) is 0. The molecule has 1 atom stereocenters. The molecule has 0 aliphatic carbocycles. The van der Waals surface area contributed by atoms with Crippen LogP contribution in [0.2, 0.25) is 0 Å². The molecule has 0 saturated carbocycles. The Labute approximate surface area is 102 Å². The van der Waals surface area contributed by atoms with Crippen LogP contribution in [0.1, 0.15) is 18.9 Å². The van der Waals surface area contributed by atoms with Crippen molar-refractivity contribution in [3.63, 3.8) is 0 Å². The van der Waals surface area contributed by atoms with Gasteiger partial charge in [0.15, 0.2) is 0 Å². The van der Waals surface area contributed by atoms with Crippen LogP contribution in [-0.4, -0.2) is 11.9 Å². The topological polar surface area (TPSA) is 55.1 Å². The number of nitrogens with two attached hydrogens (primary N) is 1. The van der Waals surface area contributed by atoms with E-state index in [9.17, 15) is 9.18 Å². The molecule has 3 N–H and O–H groups in total. The maximum absolute atomic E-state index is 13.3. The van der Waals surface area contributed by atoms with Crippen molar-refractivity contribution < 1.29 is 9.18 Å². The second-order valence-corrected chi connectivity index (χ2v) is 4.38. The van der Waals surface area contributed by atoms with Crippen molar-refractivity contribution in [2.24, 2.45) is 5.73 Å². The predicted octanol–water partition coefficient (Wildman–Crippen LogP) is 1.94. The number of hydrogen-bond donors (Lipinski definition) is 2. The Morgan fingerprint density at radius 2 is 2.31 bits per heavy atom. The van der Waals surface area contributed by atoms with E-state index >= 15 is 0 Å². The van der Waals surface area contributed by atoms with E-state index in [1.807, 2.05) is 6.92 Å². The zero-order valence-corrected chi connectivity index (χ0v) is 10.6. The molecule has 1 unspecified atom stereocenters. The molecule has 3 nitrogen and oxygen atoms in total. The van der Waals surface area contributed by atoms with Gasteiger partial charge in [0, 0.05) is 16.6 Å². The van der Waals surface area contributed by atoms with E-state index in [0.717, 1.165) is 4.47 Å². The summed E-state index contributed by atoms with van der Waals surface area (Å²) in [6, 6.07) is 4.06. The third-order valence-corrected chi connectivity index (χ3v) is 2.73. The van der Waals surface area contributed by atoms with E-state index < -0.39 is 6.04 Å². The average molecular weight is 289 g/mol. The number of amides is 1. The number of carbonyl (C=O) groups excluding carboxylic acids is 1. The number of benzene rings is 1. The monoisotopic (exact) mass is 288 g/mol. The molecular formula is C11H14BrFN2O. The van der Waals surface area contributed by atoms with Crippen LogP contribution >= 0.6 is 15.9 Å². The highest BCUT2D eigenvalue weighted by molar-refractivity contribution is 9.10. The number of halogens is 2. The van der Waals surface area contributed by atoms with Crippen molar-refractivity contribution in [1.29, 1.82) is 0 Å². The first kappa shape index (κ1) is 13.1. The first-order chi connectivity index (χ1) is 7.54. The highest BCUT2D eigenvalue weighted by Gasteiger charge is 2.11. The number of carbonyl (C=O) groups is 1. The molecule has 16 heavy (non-hydrogen) atoms. The lowest BCUT2D eigenvalue weighted by molar-refractivity contribution is -0.122. The molecule has 0 saturated heterocycles. The zero-order chi connectivity index (χ0) is 12.1. The number of hydrogen-bond acceptors (Lipinski definition) is 2. The van der Waals surface area contributed by atoms with Gasteiger partial charge in [0.2, 0.25) is 5.91 Å². The minimum atomic E-state index is -0.532. The number of rotatable bonds is 4. The van der Waals surface area contributed by atoms with Gasteiger partial charge in [0.1, 0.15) is 5.82 Å². The predicted molar refractivity (Wildman–Crippen MR) is 64.2 cm³/mol. The molecule has 1 rings (SSSR count). The largest absolute Gasteiger partial charge is 0.351 e. The van der Waals surface area contributed by atoms with Gasteiger partial charge in [-0.15, -0.1) is 0 Å². The smallest absolute Gasteiger partial charge is 0.237 e. The van der Waals surface area contributed by atoms with Crippen LogP contribution in [0.5, 0.6) is 0 Å². The summed E-state index contributed by atoms with van der Waals surface area (Å²) in [6.07, 6.45) is 0.562. The summed E-state index contributed by atoms with van der Waals surface area (Å²) in [5, 5.41) is 2.59. The van der Waals surface area contributed by atoms with Crippen molar-refractivity contribution >= 4 is 21.8 Å². The summed E-state index contributed by atoms with van der Waals surface area (Å²) in [6.45, 7) is 1.97. The van der Waals surface area contributed by atoms with Crippen LogP contribution in [0.25, 0.3) is 0 Å². The Morgan fingerprint density at radius 3 is 2.94 bits per heavy atom. The quantitative estimate of drug-likeness (QED) is 0.890. The second kappa shape index (κ2) is 5.96. The van der Waals surface area contributed by atoms with Gasteiger partial charge in [-0.3, -0.25) is 4.79 Å². The molecule has 1 amide bonds. The Hall–Kier alpha value is -0.940. The maximum atomic E-state index is 13.3. The van der Waals surface area contributed by atoms with Gasteiger partial charge in [-0.2, -0.15) is 0 Å². The fraction of sp³-hybridized carbons (Fsp3) is 0.364. The molecule has 0 heterocycles. The van der Waals surface area contributed by atoms with E-state index in [0.29, 0.717) is 12.0 Å². The summed E-state index contributed by atoms with van der Waals surface area (Å²) in [5.41, 5.74) is 5.97. The van der Waals surface area contributed by atoms with Crippen LogP contribution in [0.3, 0.4) is 0 Å². The molecule has 0 aromatic heterocycles. The van der Waals surface area contributed by atoms with E-state index in [1.54, 1.807) is 12.1 Å². The molecule has 0 bridgehead atoms. The Morgan fingerprint density at radius 1 is 1.62 bits per heavy atom. The third-order valence-electron chi connectivity index (χ3n) is 2.24. The lowest BCUT2D eigenvalue weighted by Crippen LogP contribution is -2.39. The lowest BCUT2D eigenvalue weighted by Gasteiger charge is -2.10. The van der Waals surface area contributed by atoms with Crippen LogP contribution in [-0.2, 0) is 11.3 Å². The molecule has 0 fully saturated rings. The molecular weight excluding hydrogens is 275 g/mol. The van der Waals surface area contributed by atoms with Gasteiger partial charge >= 0.3 is 0 Å². The second-order valence-electron chi connectivity index (χ2n) is 3.47. The molecule has 1 aromatic rings. The fourth-order valence-corrected chi connectivity index (χ4v) is 1.59. The third kappa shape index (κ3) is 3.57. The van der Waals surface area contributed by atoms with Crippen molar-refractivity contribution in [2.75, 3.05) is 0 Å². The first-order valence-corrected chi connectivity index (χ1v) is 5.81. The maximum Gasteiger partial charge on any atom is 0.237 e. The molecule has 0 aliphatic rings. The minimum Gasteiger partial charge on any atom is -0.351 e. The normalized spacial score (nSPS) is 12.2. The molecule has 0 spiro atoms. The summed E-state index contributed by atoms with van der Waals surface area (Å²) in [4.78, 5) is 11.4. The highest BCUT2D eigenvalue weighted by atomic mass is 79.9. The van der Waals surface area contributed by atoms with Gasteiger partial charge < -0.3 is 11.1 Å². The van der Waals surface area contributed by atoms with E-state index in [2.05, 4.69) is 21.2 Å². The number of nitrogens with one attached hydrogen (secondary N) is 1. The van der Waals surface area contributed by atoms with Crippen LogP contribution < -0.4 is 11.1 Å². The summed E-state index contributed by atoms with van der Waals surface area (Å²) in [5.74, 6) is -0.601. The molecule has 1 aromatic carbocycles. The van der Waals surface area contributed by atoms with Gasteiger partial charge in [0.05, 0.1) is 6.04 Å². The zero-order valence-electron chi connectivity index (χ0n) is 8.97. The van der Waals surface area contributed by atoms with E-state index in [4.69, 9.17) is 5.73 Å². The standard InChI is InChI=1S/C11H14BrFN2O/c1-2-10(14)11(16)15-6-7-5-8(12)3-4-9(7)13/h3-5,10H,2,6,14H2,1H3,(H,15,16). The highest BCUT2D eigenvalue weighted by Crippen LogP contribution is 2.15. The molecule has 5 heteroatoms. The average Bonchev–Trinajstić information content (AvgIpc) is 2.28. The summed E-state index contributed by atoms with van der Waals surface area (Å²) < 4.78 is 14.1. The van der Waals surface area contributed by atoms with E-state index in [-0.39, 0.29) is 18.3 Å². The van der Waals surface area contributed by atoms with Crippen LogP contribution in [0.15, 0.2) is 22.7 Å². The van der Waals surface area contributed by atoms with Crippen molar-refractivity contribution in [1.82, 2.24) is 5.32 Å². The van der Waals surface area contributed by atoms with Gasteiger partial charge in [-0.05, 0) is 24.6 Å². The molecule has 0 radical (unpaired) electrons. The molecule has 88 valence electrons.